The van der Waals surface area contributed by atoms with Crippen LogP contribution in [0.2, 0.25) is 0 Å². The highest BCUT2D eigenvalue weighted by molar-refractivity contribution is 5.56. The molecule has 0 aromatic carbocycles. The molecule has 0 aliphatic carbocycles. The van der Waals surface area contributed by atoms with Crippen LogP contribution in [0, 0.1) is 12.8 Å². The van der Waals surface area contributed by atoms with Gasteiger partial charge in [0.1, 0.15) is 18.0 Å². The maximum absolute atomic E-state index is 4.31. The van der Waals surface area contributed by atoms with Crippen LogP contribution in [0.4, 0.5) is 11.6 Å². The van der Waals surface area contributed by atoms with Crippen molar-refractivity contribution in [2.24, 2.45) is 5.92 Å². The molecule has 100 valence electrons. The van der Waals surface area contributed by atoms with Crippen LogP contribution >= 0.6 is 0 Å². The Balaban J connectivity index is 1.91. The van der Waals surface area contributed by atoms with Crippen molar-refractivity contribution in [1.82, 2.24) is 14.9 Å². The molecule has 2 rings (SSSR count). The van der Waals surface area contributed by atoms with Gasteiger partial charge in [-0.05, 0) is 32.4 Å². The number of anilines is 2. The standard InChI is InChI=1S/C13H23N5/c1-4-18-6-5-11(8-18)7-15-13-10(2)12(14-3)16-9-17-13/h9,11H,4-8H2,1-3H3,(H2,14,15,16,17). The van der Waals surface area contributed by atoms with Crippen LogP contribution < -0.4 is 10.6 Å². The summed E-state index contributed by atoms with van der Waals surface area (Å²) in [5.74, 6) is 2.58. The lowest BCUT2D eigenvalue weighted by atomic mass is 10.1. The summed E-state index contributed by atoms with van der Waals surface area (Å²) < 4.78 is 0. The summed E-state index contributed by atoms with van der Waals surface area (Å²) in [5.41, 5.74) is 1.09. The molecule has 5 heteroatoms. The van der Waals surface area contributed by atoms with Gasteiger partial charge in [-0.3, -0.25) is 0 Å². The van der Waals surface area contributed by atoms with E-state index in [1.165, 1.54) is 19.5 Å². The van der Waals surface area contributed by atoms with E-state index >= 15 is 0 Å². The number of hydrogen-bond acceptors (Lipinski definition) is 5. The molecule has 18 heavy (non-hydrogen) atoms. The van der Waals surface area contributed by atoms with E-state index in [2.05, 4.69) is 32.4 Å². The molecule has 0 spiro atoms. The molecule has 2 heterocycles. The Morgan fingerprint density at radius 3 is 2.83 bits per heavy atom. The predicted octanol–water partition coefficient (Wildman–Crippen LogP) is 1.58. The lowest BCUT2D eigenvalue weighted by Crippen LogP contribution is -2.23. The van der Waals surface area contributed by atoms with Crippen LogP contribution in [0.1, 0.15) is 18.9 Å². The van der Waals surface area contributed by atoms with Crippen molar-refractivity contribution in [2.45, 2.75) is 20.3 Å². The summed E-state index contributed by atoms with van der Waals surface area (Å²) in [6.45, 7) is 8.86. The smallest absolute Gasteiger partial charge is 0.134 e. The molecule has 1 fully saturated rings. The van der Waals surface area contributed by atoms with Gasteiger partial charge in [-0.15, -0.1) is 0 Å². The SMILES string of the molecule is CCN1CCC(CNc2ncnc(NC)c2C)C1. The zero-order valence-corrected chi connectivity index (χ0v) is 11.5. The average Bonchev–Trinajstić information content (AvgIpc) is 2.85. The molecular formula is C13H23N5. The van der Waals surface area contributed by atoms with E-state index in [9.17, 15) is 0 Å². The van der Waals surface area contributed by atoms with Crippen LogP contribution in [0.15, 0.2) is 6.33 Å². The highest BCUT2D eigenvalue weighted by Gasteiger charge is 2.21. The summed E-state index contributed by atoms with van der Waals surface area (Å²) in [4.78, 5) is 11.0. The van der Waals surface area contributed by atoms with E-state index < -0.39 is 0 Å². The maximum Gasteiger partial charge on any atom is 0.134 e. The van der Waals surface area contributed by atoms with E-state index in [0.29, 0.717) is 0 Å². The molecule has 1 saturated heterocycles. The van der Waals surface area contributed by atoms with Crippen molar-refractivity contribution in [3.05, 3.63) is 11.9 Å². The van der Waals surface area contributed by atoms with Gasteiger partial charge in [0.25, 0.3) is 0 Å². The highest BCUT2D eigenvalue weighted by Crippen LogP contribution is 2.20. The minimum absolute atomic E-state index is 0.734. The Bertz CT molecular complexity index is 393. The second-order valence-corrected chi connectivity index (χ2v) is 4.87. The fourth-order valence-electron chi connectivity index (χ4n) is 2.49. The first-order valence-electron chi connectivity index (χ1n) is 6.70. The molecule has 0 bridgehead atoms. The summed E-state index contributed by atoms with van der Waals surface area (Å²) in [6, 6.07) is 0. The third-order valence-corrected chi connectivity index (χ3v) is 3.70. The van der Waals surface area contributed by atoms with Gasteiger partial charge in [0.15, 0.2) is 0 Å². The van der Waals surface area contributed by atoms with Crippen molar-refractivity contribution in [1.29, 1.82) is 0 Å². The molecule has 1 unspecified atom stereocenters. The van der Waals surface area contributed by atoms with Crippen molar-refractivity contribution >= 4 is 11.6 Å². The van der Waals surface area contributed by atoms with Crippen LogP contribution in [0.3, 0.4) is 0 Å². The monoisotopic (exact) mass is 249 g/mol. The number of aromatic nitrogens is 2. The molecule has 0 saturated carbocycles. The Morgan fingerprint density at radius 2 is 2.17 bits per heavy atom. The summed E-state index contributed by atoms with van der Waals surface area (Å²) in [5, 5.41) is 6.54. The van der Waals surface area contributed by atoms with Crippen molar-refractivity contribution in [3.63, 3.8) is 0 Å². The topological polar surface area (TPSA) is 53.1 Å². The third-order valence-electron chi connectivity index (χ3n) is 3.70. The van der Waals surface area contributed by atoms with E-state index in [0.717, 1.165) is 36.2 Å². The molecule has 1 aromatic rings. The van der Waals surface area contributed by atoms with Gasteiger partial charge >= 0.3 is 0 Å². The molecule has 1 aliphatic heterocycles. The fraction of sp³-hybridized carbons (Fsp3) is 0.692. The van der Waals surface area contributed by atoms with E-state index in [-0.39, 0.29) is 0 Å². The average molecular weight is 249 g/mol. The lowest BCUT2D eigenvalue weighted by molar-refractivity contribution is 0.345. The zero-order valence-electron chi connectivity index (χ0n) is 11.5. The van der Waals surface area contributed by atoms with Crippen molar-refractivity contribution in [3.8, 4) is 0 Å². The lowest BCUT2D eigenvalue weighted by Gasteiger charge is -2.15. The number of nitrogens with zero attached hydrogens (tertiary/aromatic N) is 3. The molecule has 2 N–H and O–H groups in total. The summed E-state index contributed by atoms with van der Waals surface area (Å²) in [6.07, 6.45) is 2.89. The normalized spacial score (nSPS) is 20.1. The number of nitrogens with one attached hydrogen (secondary N) is 2. The summed E-state index contributed by atoms with van der Waals surface area (Å²) in [7, 11) is 1.88. The van der Waals surface area contributed by atoms with Gasteiger partial charge in [-0.25, -0.2) is 9.97 Å². The minimum atomic E-state index is 0.734. The second kappa shape index (κ2) is 6.00. The van der Waals surface area contributed by atoms with Gasteiger partial charge in [0, 0.05) is 25.7 Å². The van der Waals surface area contributed by atoms with Crippen LogP contribution in [-0.4, -0.2) is 48.1 Å². The van der Waals surface area contributed by atoms with Crippen molar-refractivity contribution < 1.29 is 0 Å². The van der Waals surface area contributed by atoms with Crippen LogP contribution in [-0.2, 0) is 0 Å². The Labute approximate surface area is 109 Å². The van der Waals surface area contributed by atoms with Gasteiger partial charge in [0.2, 0.25) is 0 Å². The minimum Gasteiger partial charge on any atom is -0.373 e. The summed E-state index contributed by atoms with van der Waals surface area (Å²) >= 11 is 0. The fourth-order valence-corrected chi connectivity index (χ4v) is 2.49. The predicted molar refractivity (Wildman–Crippen MR) is 75.0 cm³/mol. The third kappa shape index (κ3) is 2.90. The molecule has 1 aliphatic rings. The van der Waals surface area contributed by atoms with Crippen LogP contribution in [0.5, 0.6) is 0 Å². The molecule has 5 nitrogen and oxygen atoms in total. The molecular weight excluding hydrogens is 226 g/mol. The molecule has 0 amide bonds. The molecule has 0 radical (unpaired) electrons. The largest absolute Gasteiger partial charge is 0.373 e. The number of rotatable bonds is 5. The first-order chi connectivity index (χ1) is 8.74. The van der Waals surface area contributed by atoms with E-state index in [4.69, 9.17) is 0 Å². The Hall–Kier alpha value is -1.36. The number of hydrogen-bond donors (Lipinski definition) is 2. The van der Waals surface area contributed by atoms with Gasteiger partial charge in [0.05, 0.1) is 0 Å². The molecule has 1 aromatic heterocycles. The first-order valence-corrected chi connectivity index (χ1v) is 6.70. The van der Waals surface area contributed by atoms with Gasteiger partial charge in [-0.1, -0.05) is 6.92 Å². The van der Waals surface area contributed by atoms with E-state index in [1.807, 2.05) is 14.0 Å². The maximum atomic E-state index is 4.31. The Morgan fingerprint density at radius 1 is 1.39 bits per heavy atom. The number of likely N-dealkylation sites (tertiary alicyclic amines) is 1. The van der Waals surface area contributed by atoms with Gasteiger partial charge in [-0.2, -0.15) is 0 Å². The van der Waals surface area contributed by atoms with E-state index in [1.54, 1.807) is 6.33 Å². The van der Waals surface area contributed by atoms with Crippen LogP contribution in [0.25, 0.3) is 0 Å². The second-order valence-electron chi connectivity index (χ2n) is 4.87. The van der Waals surface area contributed by atoms with Gasteiger partial charge < -0.3 is 15.5 Å². The molecule has 1 atom stereocenters. The Kier molecular flexibility index (Phi) is 4.36. The first kappa shape index (κ1) is 13.1. The quantitative estimate of drug-likeness (QED) is 0.830. The zero-order chi connectivity index (χ0) is 13.0. The van der Waals surface area contributed by atoms with Crippen molar-refractivity contribution in [2.75, 3.05) is 43.9 Å². The highest BCUT2D eigenvalue weighted by atomic mass is 15.1.